The number of hydrogen-bond acceptors (Lipinski definition) is 4. The number of aromatic nitrogens is 3. The molecule has 0 aliphatic carbocycles. The van der Waals surface area contributed by atoms with Crippen LogP contribution in [-0.2, 0) is 11.8 Å². The monoisotopic (exact) mass is 442 g/mol. The van der Waals surface area contributed by atoms with Crippen LogP contribution < -0.4 is 5.32 Å². The molecule has 0 fully saturated rings. The van der Waals surface area contributed by atoms with Gasteiger partial charge in [0.1, 0.15) is 0 Å². The van der Waals surface area contributed by atoms with E-state index in [1.807, 2.05) is 54.9 Å². The minimum Gasteiger partial charge on any atom is -0.349 e. The van der Waals surface area contributed by atoms with Crippen molar-refractivity contribution in [1.29, 1.82) is 0 Å². The van der Waals surface area contributed by atoms with Crippen molar-refractivity contribution in [2.75, 3.05) is 5.75 Å². The van der Waals surface area contributed by atoms with Crippen LogP contribution in [0.3, 0.4) is 0 Å². The first-order valence-corrected chi connectivity index (χ1v) is 11.5. The van der Waals surface area contributed by atoms with Gasteiger partial charge in [-0.15, -0.1) is 10.2 Å². The molecule has 162 valence electrons. The lowest BCUT2D eigenvalue weighted by molar-refractivity contribution is -0.119. The van der Waals surface area contributed by atoms with E-state index in [9.17, 15) is 4.79 Å². The Morgan fingerprint density at radius 3 is 2.31 bits per heavy atom. The smallest absolute Gasteiger partial charge is 0.230 e. The number of carbonyl (C=O) groups is 1. The summed E-state index contributed by atoms with van der Waals surface area (Å²) >= 11 is 1.39. The fraction of sp³-hybridized carbons (Fsp3) is 0.192. The third-order valence-electron chi connectivity index (χ3n) is 5.45. The highest BCUT2D eigenvalue weighted by atomic mass is 32.2. The molecule has 3 aromatic carbocycles. The molecule has 0 aliphatic heterocycles. The van der Waals surface area contributed by atoms with E-state index < -0.39 is 0 Å². The average molecular weight is 443 g/mol. The Balaban J connectivity index is 1.35. The first-order chi connectivity index (χ1) is 15.5. The second-order valence-electron chi connectivity index (χ2n) is 7.75. The number of carbonyl (C=O) groups excluding carboxylic acids is 1. The van der Waals surface area contributed by atoms with Crippen LogP contribution in [0, 0.1) is 6.92 Å². The van der Waals surface area contributed by atoms with E-state index in [1.54, 1.807) is 0 Å². The Bertz CT molecular complexity index is 1200. The molecule has 0 spiro atoms. The first kappa shape index (κ1) is 21.8. The number of aryl methyl sites for hydroxylation is 1. The highest BCUT2D eigenvalue weighted by Crippen LogP contribution is 2.25. The van der Waals surface area contributed by atoms with Gasteiger partial charge in [0.15, 0.2) is 11.0 Å². The largest absolute Gasteiger partial charge is 0.349 e. The summed E-state index contributed by atoms with van der Waals surface area (Å²) in [5.74, 6) is 1.06. The molecule has 0 aliphatic rings. The van der Waals surface area contributed by atoms with Gasteiger partial charge in [-0.05, 0) is 36.1 Å². The molecule has 5 nitrogen and oxygen atoms in total. The van der Waals surface area contributed by atoms with Gasteiger partial charge >= 0.3 is 0 Å². The summed E-state index contributed by atoms with van der Waals surface area (Å²) in [6, 6.07) is 26.6. The summed E-state index contributed by atoms with van der Waals surface area (Å²) < 4.78 is 1.94. The van der Waals surface area contributed by atoms with Crippen molar-refractivity contribution in [3.05, 3.63) is 90.0 Å². The van der Waals surface area contributed by atoms with Crippen molar-refractivity contribution < 1.29 is 4.79 Å². The van der Waals surface area contributed by atoms with Crippen molar-refractivity contribution in [2.24, 2.45) is 7.05 Å². The number of nitrogens with zero attached hydrogens (tertiary/aromatic N) is 3. The summed E-state index contributed by atoms with van der Waals surface area (Å²) in [4.78, 5) is 12.5. The van der Waals surface area contributed by atoms with Gasteiger partial charge in [0.05, 0.1) is 11.8 Å². The van der Waals surface area contributed by atoms with E-state index >= 15 is 0 Å². The van der Waals surface area contributed by atoms with Crippen LogP contribution in [-0.4, -0.2) is 26.4 Å². The maximum atomic E-state index is 12.5. The Morgan fingerprint density at radius 2 is 1.59 bits per heavy atom. The molecule has 0 bridgehead atoms. The summed E-state index contributed by atoms with van der Waals surface area (Å²) in [6.45, 7) is 4.05. The molecule has 1 unspecified atom stereocenters. The molecule has 1 atom stereocenters. The first-order valence-electron chi connectivity index (χ1n) is 10.6. The van der Waals surface area contributed by atoms with Gasteiger partial charge in [0, 0.05) is 12.6 Å². The molecule has 32 heavy (non-hydrogen) atoms. The van der Waals surface area contributed by atoms with Crippen LogP contribution in [0.1, 0.15) is 24.1 Å². The zero-order valence-electron chi connectivity index (χ0n) is 18.4. The van der Waals surface area contributed by atoms with Gasteiger partial charge in [-0.25, -0.2) is 0 Å². The Hall–Kier alpha value is -3.38. The number of nitrogens with one attached hydrogen (secondary N) is 1. The summed E-state index contributed by atoms with van der Waals surface area (Å²) in [5.41, 5.74) is 5.61. The maximum Gasteiger partial charge on any atom is 0.230 e. The van der Waals surface area contributed by atoms with Crippen LogP contribution in [0.15, 0.2) is 84.0 Å². The lowest BCUT2D eigenvalue weighted by Gasteiger charge is -2.15. The Morgan fingerprint density at radius 1 is 0.938 bits per heavy atom. The van der Waals surface area contributed by atoms with E-state index in [4.69, 9.17) is 0 Å². The van der Waals surface area contributed by atoms with Crippen LogP contribution in [0.5, 0.6) is 0 Å². The zero-order valence-corrected chi connectivity index (χ0v) is 19.3. The molecule has 1 aromatic heterocycles. The van der Waals surface area contributed by atoms with Gasteiger partial charge < -0.3 is 9.88 Å². The highest BCUT2D eigenvalue weighted by molar-refractivity contribution is 7.99. The number of rotatable bonds is 7. The number of hydrogen-bond donors (Lipinski definition) is 1. The van der Waals surface area contributed by atoms with E-state index in [2.05, 4.69) is 64.9 Å². The molecule has 6 heteroatoms. The van der Waals surface area contributed by atoms with Crippen molar-refractivity contribution in [2.45, 2.75) is 25.0 Å². The number of benzene rings is 3. The summed E-state index contributed by atoms with van der Waals surface area (Å²) in [5, 5.41) is 12.4. The standard InChI is InChI=1S/C26H26N4OS/c1-18-9-7-8-12-23(18)25-28-29-26(30(25)3)32-17-24(31)27-19(2)20-13-15-22(16-14-20)21-10-5-4-6-11-21/h4-16,19H,17H2,1-3H3,(H,27,31). The predicted octanol–water partition coefficient (Wildman–Crippen LogP) is 5.43. The van der Waals surface area contributed by atoms with E-state index in [0.717, 1.165) is 33.2 Å². The van der Waals surface area contributed by atoms with Crippen molar-refractivity contribution in [3.63, 3.8) is 0 Å². The molecular weight excluding hydrogens is 416 g/mol. The zero-order chi connectivity index (χ0) is 22.5. The van der Waals surface area contributed by atoms with Gasteiger partial charge in [-0.1, -0.05) is 90.6 Å². The van der Waals surface area contributed by atoms with Crippen LogP contribution in [0.25, 0.3) is 22.5 Å². The number of amides is 1. The van der Waals surface area contributed by atoms with E-state index in [0.29, 0.717) is 0 Å². The topological polar surface area (TPSA) is 59.8 Å². The molecule has 0 saturated heterocycles. The minimum atomic E-state index is -0.0741. The molecule has 0 radical (unpaired) electrons. The second-order valence-corrected chi connectivity index (χ2v) is 8.69. The van der Waals surface area contributed by atoms with E-state index in [-0.39, 0.29) is 17.7 Å². The minimum absolute atomic E-state index is 0.0323. The quantitative estimate of drug-likeness (QED) is 0.388. The van der Waals surface area contributed by atoms with Crippen LogP contribution in [0.2, 0.25) is 0 Å². The van der Waals surface area contributed by atoms with Crippen molar-refractivity contribution in [1.82, 2.24) is 20.1 Å². The van der Waals surface area contributed by atoms with Gasteiger partial charge in [0.25, 0.3) is 0 Å². The van der Waals surface area contributed by atoms with Gasteiger partial charge in [-0.2, -0.15) is 0 Å². The molecule has 1 amide bonds. The second kappa shape index (κ2) is 9.83. The average Bonchev–Trinajstić information content (AvgIpc) is 3.18. The predicted molar refractivity (Wildman–Crippen MR) is 130 cm³/mol. The maximum absolute atomic E-state index is 12.5. The van der Waals surface area contributed by atoms with Crippen LogP contribution >= 0.6 is 11.8 Å². The Labute approximate surface area is 192 Å². The van der Waals surface area contributed by atoms with Crippen molar-refractivity contribution in [3.8, 4) is 22.5 Å². The molecule has 0 saturated carbocycles. The highest BCUT2D eigenvalue weighted by Gasteiger charge is 2.15. The molecule has 1 heterocycles. The SMILES string of the molecule is Cc1ccccc1-c1nnc(SCC(=O)NC(C)c2ccc(-c3ccccc3)cc2)n1C. The van der Waals surface area contributed by atoms with Crippen LogP contribution in [0.4, 0.5) is 0 Å². The van der Waals surface area contributed by atoms with Gasteiger partial charge in [0.2, 0.25) is 5.91 Å². The van der Waals surface area contributed by atoms with Gasteiger partial charge in [-0.3, -0.25) is 4.79 Å². The fourth-order valence-corrected chi connectivity index (χ4v) is 4.31. The fourth-order valence-electron chi connectivity index (χ4n) is 3.59. The van der Waals surface area contributed by atoms with Crippen molar-refractivity contribution >= 4 is 17.7 Å². The third kappa shape index (κ3) is 4.92. The normalized spacial score (nSPS) is 11.8. The lowest BCUT2D eigenvalue weighted by Crippen LogP contribution is -2.28. The molecular formula is C26H26N4OS. The third-order valence-corrected chi connectivity index (χ3v) is 6.47. The Kier molecular flexibility index (Phi) is 6.71. The molecule has 4 rings (SSSR count). The summed E-state index contributed by atoms with van der Waals surface area (Å²) in [7, 11) is 1.93. The molecule has 1 N–H and O–H groups in total. The molecule has 4 aromatic rings. The summed E-state index contributed by atoms with van der Waals surface area (Å²) in [6.07, 6.45) is 0. The number of thioether (sulfide) groups is 1. The van der Waals surface area contributed by atoms with E-state index in [1.165, 1.54) is 17.3 Å². The lowest BCUT2D eigenvalue weighted by atomic mass is 10.0.